The molecule has 0 aromatic rings. The third-order valence-electron chi connectivity index (χ3n) is 2.26. The highest BCUT2D eigenvalue weighted by atomic mass is 79.9. The van der Waals surface area contributed by atoms with E-state index in [1.807, 2.05) is 0 Å². The molecule has 0 unspecified atom stereocenters. The molecule has 0 aromatic carbocycles. The predicted octanol–water partition coefficient (Wildman–Crippen LogP) is 3.44. The Morgan fingerprint density at radius 2 is 1.77 bits per heavy atom. The number of rotatable bonds is 7. The molecule has 0 atom stereocenters. The monoisotopic (exact) mass is 250 g/mol. The van der Waals surface area contributed by atoms with Crippen LogP contribution in [0.2, 0.25) is 0 Å². The van der Waals surface area contributed by atoms with E-state index in [0.717, 1.165) is 24.6 Å². The van der Waals surface area contributed by atoms with Crippen molar-refractivity contribution in [3.05, 3.63) is 0 Å². The summed E-state index contributed by atoms with van der Waals surface area (Å²) in [7, 11) is 0. The van der Waals surface area contributed by atoms with Gasteiger partial charge in [-0.3, -0.25) is 4.79 Å². The lowest BCUT2D eigenvalue weighted by Crippen LogP contribution is -2.23. The van der Waals surface area contributed by atoms with E-state index in [4.69, 9.17) is 5.11 Å². The lowest BCUT2D eigenvalue weighted by molar-refractivity contribution is -0.147. The molecule has 1 N–H and O–H groups in total. The van der Waals surface area contributed by atoms with Crippen LogP contribution >= 0.6 is 15.9 Å². The van der Waals surface area contributed by atoms with E-state index in [0.29, 0.717) is 0 Å². The third kappa shape index (κ3) is 6.08. The van der Waals surface area contributed by atoms with Crippen LogP contribution in [0.1, 0.15) is 46.0 Å². The summed E-state index contributed by atoms with van der Waals surface area (Å²) in [5, 5.41) is 9.89. The van der Waals surface area contributed by atoms with Crippen LogP contribution in [-0.2, 0) is 4.79 Å². The Kier molecular flexibility index (Phi) is 6.39. The zero-order valence-electron chi connectivity index (χ0n) is 8.48. The van der Waals surface area contributed by atoms with Crippen LogP contribution in [-0.4, -0.2) is 16.4 Å². The largest absolute Gasteiger partial charge is 0.481 e. The average Bonchev–Trinajstić information content (AvgIpc) is 2.03. The Morgan fingerprint density at radius 3 is 2.23 bits per heavy atom. The van der Waals surface area contributed by atoms with Crippen molar-refractivity contribution in [3.63, 3.8) is 0 Å². The van der Waals surface area contributed by atoms with Gasteiger partial charge in [0.25, 0.3) is 0 Å². The summed E-state index contributed by atoms with van der Waals surface area (Å²) < 4.78 is 0. The van der Waals surface area contributed by atoms with Gasteiger partial charge in [-0.05, 0) is 26.7 Å². The molecule has 0 fully saturated rings. The summed E-state index contributed by atoms with van der Waals surface area (Å²) in [4.78, 5) is 10.7. The normalized spacial score (nSPS) is 11.6. The quantitative estimate of drug-likeness (QED) is 0.555. The number of halogens is 1. The molecule has 0 saturated heterocycles. The summed E-state index contributed by atoms with van der Waals surface area (Å²) >= 11 is 3.37. The van der Waals surface area contributed by atoms with Crippen molar-refractivity contribution in [3.8, 4) is 0 Å². The van der Waals surface area contributed by atoms with Gasteiger partial charge in [0.15, 0.2) is 0 Å². The molecular formula is C10H19BrO2. The minimum atomic E-state index is -0.687. The molecule has 0 aromatic heterocycles. The molecule has 0 heterocycles. The van der Waals surface area contributed by atoms with Gasteiger partial charge in [0.1, 0.15) is 0 Å². The highest BCUT2D eigenvalue weighted by molar-refractivity contribution is 9.09. The summed E-state index contributed by atoms with van der Waals surface area (Å²) in [6.07, 6.45) is 5.33. The Hall–Kier alpha value is -0.0500. The lowest BCUT2D eigenvalue weighted by atomic mass is 9.87. The van der Waals surface area contributed by atoms with Gasteiger partial charge >= 0.3 is 5.97 Å². The van der Waals surface area contributed by atoms with Gasteiger partial charge in [0, 0.05) is 5.33 Å². The van der Waals surface area contributed by atoms with E-state index in [1.165, 1.54) is 12.8 Å². The minimum absolute atomic E-state index is 0.547. The van der Waals surface area contributed by atoms with E-state index < -0.39 is 11.4 Å². The van der Waals surface area contributed by atoms with Crippen LogP contribution in [0, 0.1) is 5.41 Å². The minimum Gasteiger partial charge on any atom is -0.481 e. The standard InChI is InChI=1S/C10H19BrO2/c1-10(2,9(12)13)7-5-3-4-6-8-11/h3-8H2,1-2H3,(H,12,13). The first-order valence-corrected chi connectivity index (χ1v) is 5.92. The SMILES string of the molecule is CC(C)(CCCCCCBr)C(=O)O. The number of carboxylic acid groups (broad SMARTS) is 1. The lowest BCUT2D eigenvalue weighted by Gasteiger charge is -2.18. The molecule has 78 valence electrons. The number of hydrogen-bond acceptors (Lipinski definition) is 1. The number of hydrogen-bond donors (Lipinski definition) is 1. The maximum atomic E-state index is 10.7. The first-order valence-electron chi connectivity index (χ1n) is 4.80. The van der Waals surface area contributed by atoms with Gasteiger partial charge in [-0.25, -0.2) is 0 Å². The van der Waals surface area contributed by atoms with Gasteiger partial charge in [0.2, 0.25) is 0 Å². The fourth-order valence-electron chi connectivity index (χ4n) is 1.12. The van der Waals surface area contributed by atoms with Crippen molar-refractivity contribution in [1.82, 2.24) is 0 Å². The second-order valence-corrected chi connectivity index (χ2v) is 4.84. The van der Waals surface area contributed by atoms with E-state index in [9.17, 15) is 4.79 Å². The predicted molar refractivity (Wildman–Crippen MR) is 58.3 cm³/mol. The molecule has 0 aliphatic rings. The fraction of sp³-hybridized carbons (Fsp3) is 0.900. The second-order valence-electron chi connectivity index (χ2n) is 4.04. The Labute approximate surface area is 88.8 Å². The van der Waals surface area contributed by atoms with Crippen molar-refractivity contribution in [2.45, 2.75) is 46.0 Å². The molecule has 2 nitrogen and oxygen atoms in total. The second kappa shape index (κ2) is 6.41. The van der Waals surface area contributed by atoms with Crippen molar-refractivity contribution in [2.24, 2.45) is 5.41 Å². The van der Waals surface area contributed by atoms with Crippen LogP contribution in [0.3, 0.4) is 0 Å². The van der Waals surface area contributed by atoms with E-state index in [2.05, 4.69) is 15.9 Å². The summed E-state index contributed by atoms with van der Waals surface area (Å²) in [5.41, 5.74) is -0.547. The van der Waals surface area contributed by atoms with Gasteiger partial charge in [-0.15, -0.1) is 0 Å². The van der Waals surface area contributed by atoms with Crippen LogP contribution in [0.15, 0.2) is 0 Å². The van der Waals surface area contributed by atoms with E-state index in [-0.39, 0.29) is 0 Å². The topological polar surface area (TPSA) is 37.3 Å². The molecule has 13 heavy (non-hydrogen) atoms. The molecule has 0 spiro atoms. The van der Waals surface area contributed by atoms with E-state index >= 15 is 0 Å². The number of unbranched alkanes of at least 4 members (excludes halogenated alkanes) is 3. The molecule has 0 aliphatic heterocycles. The number of alkyl halides is 1. The molecule has 0 rings (SSSR count). The highest BCUT2D eigenvalue weighted by Gasteiger charge is 2.25. The van der Waals surface area contributed by atoms with Crippen LogP contribution in [0.5, 0.6) is 0 Å². The number of carbonyl (C=O) groups is 1. The molecule has 0 amide bonds. The van der Waals surface area contributed by atoms with Gasteiger partial charge in [-0.1, -0.05) is 35.2 Å². The van der Waals surface area contributed by atoms with Crippen LogP contribution < -0.4 is 0 Å². The van der Waals surface area contributed by atoms with Gasteiger partial charge < -0.3 is 5.11 Å². The Morgan fingerprint density at radius 1 is 1.23 bits per heavy atom. The van der Waals surface area contributed by atoms with Gasteiger partial charge in [0.05, 0.1) is 5.41 Å². The molecule has 0 bridgehead atoms. The van der Waals surface area contributed by atoms with E-state index in [1.54, 1.807) is 13.8 Å². The first kappa shape index (κ1) is 12.9. The maximum absolute atomic E-state index is 10.7. The summed E-state index contributed by atoms with van der Waals surface area (Å²) in [6.45, 7) is 3.58. The smallest absolute Gasteiger partial charge is 0.309 e. The third-order valence-corrected chi connectivity index (χ3v) is 2.83. The Balaban J connectivity index is 3.46. The molecule has 0 aliphatic carbocycles. The van der Waals surface area contributed by atoms with Crippen LogP contribution in [0.25, 0.3) is 0 Å². The van der Waals surface area contributed by atoms with Crippen molar-refractivity contribution >= 4 is 21.9 Å². The summed E-state index contributed by atoms with van der Waals surface area (Å²) in [5.74, 6) is -0.687. The average molecular weight is 251 g/mol. The maximum Gasteiger partial charge on any atom is 0.309 e. The fourth-order valence-corrected chi connectivity index (χ4v) is 1.52. The zero-order chi connectivity index (χ0) is 10.3. The van der Waals surface area contributed by atoms with Gasteiger partial charge in [-0.2, -0.15) is 0 Å². The molecule has 3 heteroatoms. The van der Waals surface area contributed by atoms with Crippen molar-refractivity contribution in [1.29, 1.82) is 0 Å². The van der Waals surface area contributed by atoms with Crippen molar-refractivity contribution < 1.29 is 9.90 Å². The first-order chi connectivity index (χ1) is 6.00. The van der Waals surface area contributed by atoms with Crippen LogP contribution in [0.4, 0.5) is 0 Å². The van der Waals surface area contributed by atoms with Crippen molar-refractivity contribution in [2.75, 3.05) is 5.33 Å². The molecule has 0 radical (unpaired) electrons. The number of carboxylic acids is 1. The Bertz CT molecular complexity index is 155. The molecule has 0 saturated carbocycles. The zero-order valence-corrected chi connectivity index (χ0v) is 10.1. The molecular weight excluding hydrogens is 232 g/mol. The summed E-state index contributed by atoms with van der Waals surface area (Å²) in [6, 6.07) is 0. The number of aliphatic carboxylic acids is 1. The highest BCUT2D eigenvalue weighted by Crippen LogP contribution is 2.23.